The van der Waals surface area contributed by atoms with Crippen molar-refractivity contribution in [3.05, 3.63) is 5.92 Å². The lowest BCUT2D eigenvalue weighted by Gasteiger charge is -2.60. The summed E-state index contributed by atoms with van der Waals surface area (Å²) in [6.07, 6.45) is 2.26. The van der Waals surface area contributed by atoms with Crippen LogP contribution in [-0.2, 0) is 0 Å². The summed E-state index contributed by atoms with van der Waals surface area (Å²) in [6, 6.07) is 0. The van der Waals surface area contributed by atoms with Crippen molar-refractivity contribution in [3.8, 4) is 0 Å². The van der Waals surface area contributed by atoms with E-state index in [1.807, 2.05) is 0 Å². The van der Waals surface area contributed by atoms with E-state index in [1.165, 1.54) is 6.42 Å². The second-order valence-electron chi connectivity index (χ2n) is 4.74. The molecular formula is C10H17O. The van der Waals surface area contributed by atoms with Gasteiger partial charge in [-0.3, -0.25) is 0 Å². The van der Waals surface area contributed by atoms with Crippen molar-refractivity contribution in [2.45, 2.75) is 39.7 Å². The van der Waals surface area contributed by atoms with Crippen LogP contribution in [0.3, 0.4) is 0 Å². The van der Waals surface area contributed by atoms with E-state index < -0.39 is 0 Å². The van der Waals surface area contributed by atoms with Crippen LogP contribution in [0.2, 0.25) is 0 Å². The van der Waals surface area contributed by atoms with Gasteiger partial charge < -0.3 is 5.11 Å². The van der Waals surface area contributed by atoms with Gasteiger partial charge in [-0.15, -0.1) is 0 Å². The minimum atomic E-state index is -0.0447. The molecule has 0 heterocycles. The van der Waals surface area contributed by atoms with Gasteiger partial charge in [0.2, 0.25) is 0 Å². The Balaban J connectivity index is 2.17. The van der Waals surface area contributed by atoms with Crippen LogP contribution in [0.1, 0.15) is 33.6 Å². The van der Waals surface area contributed by atoms with Gasteiger partial charge in [0.1, 0.15) is 0 Å². The number of fused-ring (bicyclic) bond motifs is 2. The fourth-order valence-electron chi connectivity index (χ4n) is 2.79. The van der Waals surface area contributed by atoms with E-state index in [0.717, 1.165) is 12.3 Å². The molecule has 0 aromatic carbocycles. The first-order chi connectivity index (χ1) is 5.03. The number of aliphatic hydroxyl groups is 1. The van der Waals surface area contributed by atoms with Crippen LogP contribution in [-0.4, -0.2) is 11.2 Å². The predicted molar refractivity (Wildman–Crippen MR) is 44.9 cm³/mol. The van der Waals surface area contributed by atoms with E-state index >= 15 is 0 Å². The van der Waals surface area contributed by atoms with Crippen molar-refractivity contribution >= 4 is 0 Å². The summed E-state index contributed by atoms with van der Waals surface area (Å²) in [6.45, 7) is 6.80. The van der Waals surface area contributed by atoms with Crippen LogP contribution in [0.5, 0.6) is 0 Å². The zero-order chi connectivity index (χ0) is 8.22. The van der Waals surface area contributed by atoms with Crippen molar-refractivity contribution in [1.29, 1.82) is 0 Å². The lowest BCUT2D eigenvalue weighted by atomic mass is 9.45. The highest BCUT2D eigenvalue weighted by Gasteiger charge is 2.56. The highest BCUT2D eigenvalue weighted by Crippen LogP contribution is 2.62. The third kappa shape index (κ3) is 0.807. The maximum atomic E-state index is 9.59. The minimum Gasteiger partial charge on any atom is -0.393 e. The lowest BCUT2D eigenvalue weighted by Crippen LogP contribution is -2.55. The molecule has 3 saturated carbocycles. The maximum absolute atomic E-state index is 9.59. The zero-order valence-electron chi connectivity index (χ0n) is 7.59. The van der Waals surface area contributed by atoms with Crippen LogP contribution in [0.15, 0.2) is 0 Å². The van der Waals surface area contributed by atoms with Gasteiger partial charge in [-0.05, 0) is 36.0 Å². The van der Waals surface area contributed by atoms with Crippen molar-refractivity contribution in [3.63, 3.8) is 0 Å². The standard InChI is InChI=1S/C10H17O/c1-6-8-4-7(5-9(6)11)10(8,2)3/h6-7,9,11H,4-5H2,1-3H3. The molecule has 3 atom stereocenters. The Morgan fingerprint density at radius 3 is 2.45 bits per heavy atom. The molecule has 3 aliphatic carbocycles. The van der Waals surface area contributed by atoms with Gasteiger partial charge in [-0.25, -0.2) is 0 Å². The number of rotatable bonds is 0. The largest absolute Gasteiger partial charge is 0.393 e. The van der Waals surface area contributed by atoms with Crippen LogP contribution >= 0.6 is 0 Å². The molecule has 1 radical (unpaired) electrons. The summed E-state index contributed by atoms with van der Waals surface area (Å²) in [5, 5.41) is 9.59. The third-order valence-electron chi connectivity index (χ3n) is 3.97. The summed E-state index contributed by atoms with van der Waals surface area (Å²) in [5.74, 6) is 2.82. The molecule has 0 amide bonds. The van der Waals surface area contributed by atoms with Crippen LogP contribution < -0.4 is 0 Å². The summed E-state index contributed by atoms with van der Waals surface area (Å²) >= 11 is 0. The quantitative estimate of drug-likeness (QED) is 0.564. The molecule has 1 heteroatoms. The van der Waals surface area contributed by atoms with Gasteiger partial charge >= 0.3 is 0 Å². The number of hydrogen-bond acceptors (Lipinski definition) is 1. The number of aliphatic hydroxyl groups excluding tert-OH is 1. The molecule has 2 bridgehead atoms. The zero-order valence-corrected chi connectivity index (χ0v) is 7.59. The molecule has 0 saturated heterocycles. The van der Waals surface area contributed by atoms with Gasteiger partial charge in [0.05, 0.1) is 6.10 Å². The van der Waals surface area contributed by atoms with Crippen LogP contribution in [0.4, 0.5) is 0 Å². The summed E-state index contributed by atoms with van der Waals surface area (Å²) in [7, 11) is 0. The molecule has 3 rings (SSSR count). The molecule has 0 aromatic rings. The normalized spacial score (nSPS) is 48.5. The Kier molecular flexibility index (Phi) is 1.39. The van der Waals surface area contributed by atoms with Gasteiger partial charge in [-0.1, -0.05) is 20.8 Å². The average Bonchev–Trinajstić information content (AvgIpc) is 1.93. The topological polar surface area (TPSA) is 20.2 Å². The first kappa shape index (κ1) is 7.60. The fraction of sp³-hybridized carbons (Fsp3) is 0.900. The third-order valence-corrected chi connectivity index (χ3v) is 3.97. The molecule has 0 aliphatic heterocycles. The Bertz CT molecular complexity index is 174. The monoisotopic (exact) mass is 153 g/mol. The van der Waals surface area contributed by atoms with Gasteiger partial charge in [0.15, 0.2) is 0 Å². The van der Waals surface area contributed by atoms with Crippen molar-refractivity contribution in [1.82, 2.24) is 0 Å². The SMILES string of the molecule is CC1[C]2CC(CC1O)C2(C)C. The fourth-order valence-corrected chi connectivity index (χ4v) is 2.79. The first-order valence-corrected chi connectivity index (χ1v) is 4.57. The summed E-state index contributed by atoms with van der Waals surface area (Å²) in [4.78, 5) is 0. The van der Waals surface area contributed by atoms with Gasteiger partial charge in [0.25, 0.3) is 0 Å². The Hall–Kier alpha value is -0.0400. The van der Waals surface area contributed by atoms with Gasteiger partial charge in [-0.2, -0.15) is 0 Å². The van der Waals surface area contributed by atoms with E-state index in [2.05, 4.69) is 20.8 Å². The minimum absolute atomic E-state index is 0.0447. The van der Waals surface area contributed by atoms with Crippen molar-refractivity contribution < 1.29 is 5.11 Å². The average molecular weight is 153 g/mol. The maximum Gasteiger partial charge on any atom is 0.0574 e. The van der Waals surface area contributed by atoms with E-state index in [0.29, 0.717) is 11.3 Å². The molecular weight excluding hydrogens is 136 g/mol. The predicted octanol–water partition coefficient (Wildman–Crippen LogP) is 2.01. The summed E-state index contributed by atoms with van der Waals surface area (Å²) in [5.41, 5.74) is 0.443. The van der Waals surface area contributed by atoms with E-state index in [-0.39, 0.29) is 6.10 Å². The highest BCUT2D eigenvalue weighted by molar-refractivity contribution is 5.23. The molecule has 1 N–H and O–H groups in total. The van der Waals surface area contributed by atoms with Crippen molar-refractivity contribution in [2.75, 3.05) is 0 Å². The van der Waals surface area contributed by atoms with E-state index in [4.69, 9.17) is 0 Å². The Labute approximate surface area is 68.8 Å². The highest BCUT2D eigenvalue weighted by atomic mass is 16.3. The molecule has 0 aromatic heterocycles. The Morgan fingerprint density at radius 1 is 1.45 bits per heavy atom. The van der Waals surface area contributed by atoms with Crippen molar-refractivity contribution in [2.24, 2.45) is 17.3 Å². The number of hydrogen-bond donors (Lipinski definition) is 1. The van der Waals surface area contributed by atoms with Crippen LogP contribution in [0.25, 0.3) is 0 Å². The molecule has 1 nitrogen and oxygen atoms in total. The molecule has 3 unspecified atom stereocenters. The summed E-state index contributed by atoms with van der Waals surface area (Å²) < 4.78 is 0. The lowest BCUT2D eigenvalue weighted by molar-refractivity contribution is -0.0576. The van der Waals surface area contributed by atoms with Crippen LogP contribution in [0, 0.1) is 23.2 Å². The van der Waals surface area contributed by atoms with Gasteiger partial charge in [0, 0.05) is 0 Å². The molecule has 0 spiro atoms. The second-order valence-corrected chi connectivity index (χ2v) is 4.74. The molecule has 3 fully saturated rings. The molecule has 63 valence electrons. The van der Waals surface area contributed by atoms with E-state index in [9.17, 15) is 5.11 Å². The molecule has 3 aliphatic rings. The second kappa shape index (κ2) is 2.01. The first-order valence-electron chi connectivity index (χ1n) is 4.57. The van der Waals surface area contributed by atoms with E-state index in [1.54, 1.807) is 5.92 Å². The smallest absolute Gasteiger partial charge is 0.0574 e. The Morgan fingerprint density at radius 2 is 2.09 bits per heavy atom. The molecule has 11 heavy (non-hydrogen) atoms.